The van der Waals surface area contributed by atoms with Crippen LogP contribution >= 0.6 is 15.9 Å². The normalized spacial score (nSPS) is 15.8. The van der Waals surface area contributed by atoms with Gasteiger partial charge in [0.2, 0.25) is 5.91 Å². The second-order valence-corrected chi connectivity index (χ2v) is 8.05. The molecule has 1 unspecified atom stereocenters. The minimum absolute atomic E-state index is 0.0284. The maximum atomic E-state index is 12.9. The number of halogens is 1. The first-order chi connectivity index (χ1) is 14.7. The Morgan fingerprint density at radius 2 is 1.67 bits per heavy atom. The van der Waals surface area contributed by atoms with Gasteiger partial charge in [-0.2, -0.15) is 0 Å². The minimum Gasteiger partial charge on any atom is -0.365 e. The topological polar surface area (TPSA) is 70.2 Å². The van der Waals surface area contributed by atoms with Gasteiger partial charge in [-0.15, -0.1) is 0 Å². The van der Waals surface area contributed by atoms with Gasteiger partial charge in [-0.3, -0.25) is 4.79 Å². The van der Waals surface area contributed by atoms with Crippen LogP contribution < -0.4 is 15.5 Å². The molecule has 1 saturated heterocycles. The van der Waals surface area contributed by atoms with E-state index < -0.39 is 0 Å². The third-order valence-corrected chi connectivity index (χ3v) is 5.94. The first-order valence-electron chi connectivity index (χ1n) is 10.1. The molecule has 6 nitrogen and oxygen atoms in total. The number of hydrogen-bond acceptors (Lipinski definition) is 5. The van der Waals surface area contributed by atoms with Crippen molar-refractivity contribution in [2.45, 2.75) is 32.0 Å². The Labute approximate surface area is 184 Å². The average molecular weight is 466 g/mol. The zero-order valence-electron chi connectivity index (χ0n) is 16.6. The summed E-state index contributed by atoms with van der Waals surface area (Å²) in [7, 11) is 0. The number of hydrogen-bond donors (Lipinski definition) is 2. The van der Waals surface area contributed by atoms with Gasteiger partial charge in [-0.1, -0.05) is 60.7 Å². The minimum atomic E-state index is -0.234. The summed E-state index contributed by atoms with van der Waals surface area (Å²) in [4.78, 5) is 23.8. The van der Waals surface area contributed by atoms with Gasteiger partial charge in [0.05, 0.1) is 0 Å². The number of amides is 1. The van der Waals surface area contributed by atoms with E-state index in [1.165, 1.54) is 5.56 Å². The number of carbonyl (C=O) groups excluding carboxylic acids is 1. The zero-order valence-corrected chi connectivity index (χ0v) is 18.2. The number of nitrogens with zero attached hydrogens (tertiary/aromatic N) is 3. The predicted molar refractivity (Wildman–Crippen MR) is 122 cm³/mol. The molecule has 1 aliphatic heterocycles. The van der Waals surface area contributed by atoms with E-state index in [9.17, 15) is 4.79 Å². The van der Waals surface area contributed by atoms with Crippen molar-refractivity contribution in [2.75, 3.05) is 16.8 Å². The van der Waals surface area contributed by atoms with Crippen molar-refractivity contribution < 1.29 is 4.79 Å². The van der Waals surface area contributed by atoms with E-state index in [2.05, 4.69) is 53.6 Å². The summed E-state index contributed by atoms with van der Waals surface area (Å²) in [5.41, 5.74) is 2.26. The van der Waals surface area contributed by atoms with Crippen LogP contribution in [0.25, 0.3) is 0 Å². The van der Waals surface area contributed by atoms with Gasteiger partial charge in [-0.25, -0.2) is 9.97 Å². The molecule has 0 saturated carbocycles. The maximum absolute atomic E-state index is 12.9. The highest BCUT2D eigenvalue weighted by Crippen LogP contribution is 2.34. The number of aromatic nitrogens is 2. The smallest absolute Gasteiger partial charge is 0.243 e. The second kappa shape index (κ2) is 9.71. The third kappa shape index (κ3) is 4.79. The molecule has 2 heterocycles. The van der Waals surface area contributed by atoms with E-state index in [-0.39, 0.29) is 11.9 Å². The van der Waals surface area contributed by atoms with Crippen LogP contribution in [0.5, 0.6) is 0 Å². The summed E-state index contributed by atoms with van der Waals surface area (Å²) >= 11 is 3.66. The van der Waals surface area contributed by atoms with Crippen molar-refractivity contribution in [3.63, 3.8) is 0 Å². The summed E-state index contributed by atoms with van der Waals surface area (Å²) in [6.45, 7) is 1.98. The van der Waals surface area contributed by atoms with Crippen LogP contribution in [-0.2, 0) is 17.9 Å². The van der Waals surface area contributed by atoms with Crippen molar-refractivity contribution >= 4 is 33.5 Å². The van der Waals surface area contributed by atoms with Crippen LogP contribution in [0.15, 0.2) is 71.5 Å². The van der Waals surface area contributed by atoms with E-state index in [0.717, 1.165) is 41.1 Å². The van der Waals surface area contributed by atoms with Gasteiger partial charge < -0.3 is 15.5 Å². The fraction of sp³-hybridized carbons (Fsp3) is 0.261. The fourth-order valence-electron chi connectivity index (χ4n) is 3.66. The molecule has 1 atom stereocenters. The Bertz CT molecular complexity index is 983. The van der Waals surface area contributed by atoms with Gasteiger partial charge in [0.15, 0.2) is 0 Å². The molecule has 0 spiro atoms. The highest BCUT2D eigenvalue weighted by Gasteiger charge is 2.33. The monoisotopic (exact) mass is 465 g/mol. The average Bonchev–Trinajstić information content (AvgIpc) is 3.28. The van der Waals surface area contributed by atoms with Gasteiger partial charge in [0.25, 0.3) is 0 Å². The second-order valence-electron chi connectivity index (χ2n) is 7.25. The molecule has 1 aliphatic rings. The lowest BCUT2D eigenvalue weighted by Gasteiger charge is -2.26. The van der Waals surface area contributed by atoms with Crippen molar-refractivity contribution in [2.24, 2.45) is 0 Å². The van der Waals surface area contributed by atoms with Crippen molar-refractivity contribution in [1.29, 1.82) is 0 Å². The van der Waals surface area contributed by atoms with E-state index in [4.69, 9.17) is 0 Å². The molecule has 154 valence electrons. The highest BCUT2D eigenvalue weighted by molar-refractivity contribution is 9.10. The van der Waals surface area contributed by atoms with Crippen LogP contribution in [-0.4, -0.2) is 28.5 Å². The first kappa shape index (κ1) is 20.3. The quantitative estimate of drug-likeness (QED) is 0.548. The van der Waals surface area contributed by atoms with E-state index in [1.54, 1.807) is 6.33 Å². The lowest BCUT2D eigenvalue weighted by atomic mass is 10.2. The molecule has 2 N–H and O–H groups in total. The Morgan fingerprint density at radius 3 is 2.37 bits per heavy atom. The van der Waals surface area contributed by atoms with Gasteiger partial charge >= 0.3 is 0 Å². The summed E-state index contributed by atoms with van der Waals surface area (Å²) in [5.74, 6) is 1.50. The molecular weight excluding hydrogens is 442 g/mol. The van der Waals surface area contributed by atoms with Crippen LogP contribution in [0.4, 0.5) is 11.6 Å². The van der Waals surface area contributed by atoms with Crippen LogP contribution in [0.3, 0.4) is 0 Å². The van der Waals surface area contributed by atoms with Crippen molar-refractivity contribution in [1.82, 2.24) is 15.3 Å². The number of nitrogens with one attached hydrogen (secondary N) is 2. The van der Waals surface area contributed by atoms with Crippen molar-refractivity contribution in [3.8, 4) is 0 Å². The predicted octanol–water partition coefficient (Wildman–Crippen LogP) is 4.14. The third-order valence-electron chi connectivity index (χ3n) is 5.21. The number of carbonyl (C=O) groups is 1. The SMILES string of the molecule is O=C(NCc1ccccc1)C1CCCN1c1ncnc(NCc2ccccc2)c1Br. The molecule has 3 aromatic rings. The van der Waals surface area contributed by atoms with Crippen LogP contribution in [0.1, 0.15) is 24.0 Å². The Morgan fingerprint density at radius 1 is 1.00 bits per heavy atom. The summed E-state index contributed by atoms with van der Waals surface area (Å²) in [6, 6.07) is 19.9. The molecule has 1 amide bonds. The highest BCUT2D eigenvalue weighted by atomic mass is 79.9. The first-order valence-corrected chi connectivity index (χ1v) is 10.9. The summed E-state index contributed by atoms with van der Waals surface area (Å²) in [5, 5.41) is 6.43. The molecule has 1 fully saturated rings. The fourth-order valence-corrected chi connectivity index (χ4v) is 4.23. The van der Waals surface area contributed by atoms with E-state index in [1.807, 2.05) is 48.5 Å². The number of rotatable bonds is 7. The van der Waals surface area contributed by atoms with Crippen molar-refractivity contribution in [3.05, 3.63) is 82.6 Å². The summed E-state index contributed by atoms with van der Waals surface area (Å²) < 4.78 is 0.781. The molecule has 0 radical (unpaired) electrons. The summed E-state index contributed by atoms with van der Waals surface area (Å²) in [6.07, 6.45) is 3.31. The largest absolute Gasteiger partial charge is 0.365 e. The molecule has 0 bridgehead atoms. The van der Waals surface area contributed by atoms with E-state index >= 15 is 0 Å². The Kier molecular flexibility index (Phi) is 6.59. The molecule has 7 heteroatoms. The molecule has 0 aliphatic carbocycles. The molecule has 30 heavy (non-hydrogen) atoms. The van der Waals surface area contributed by atoms with Gasteiger partial charge in [0, 0.05) is 19.6 Å². The zero-order chi connectivity index (χ0) is 20.8. The van der Waals surface area contributed by atoms with Gasteiger partial charge in [-0.05, 0) is 39.9 Å². The molecule has 4 rings (SSSR count). The Hall–Kier alpha value is -2.93. The van der Waals surface area contributed by atoms with Gasteiger partial charge in [0.1, 0.15) is 28.5 Å². The van der Waals surface area contributed by atoms with Crippen LogP contribution in [0.2, 0.25) is 0 Å². The molecule has 1 aromatic heterocycles. The lowest BCUT2D eigenvalue weighted by Crippen LogP contribution is -2.43. The van der Waals surface area contributed by atoms with Crippen LogP contribution in [0, 0.1) is 0 Å². The molecule has 2 aromatic carbocycles. The standard InChI is InChI=1S/C23H24BrN5O/c24-20-21(25-14-17-8-3-1-4-9-17)27-16-28-22(20)29-13-7-12-19(29)23(30)26-15-18-10-5-2-6-11-18/h1-6,8-11,16,19H,7,12-15H2,(H,26,30)(H,25,27,28). The number of anilines is 2. The lowest BCUT2D eigenvalue weighted by molar-refractivity contribution is -0.122. The Balaban J connectivity index is 1.45. The van der Waals surface area contributed by atoms with E-state index in [0.29, 0.717) is 13.1 Å². The molecular formula is C23H24BrN5O. The number of benzene rings is 2. The maximum Gasteiger partial charge on any atom is 0.243 e.